The van der Waals surface area contributed by atoms with Crippen LogP contribution in [0.4, 0.5) is 0 Å². The molecule has 3 unspecified atom stereocenters. The molecule has 1 N–H and O–H groups in total. The molecule has 0 bridgehead atoms. The molecular weight excluding hydrogens is 260 g/mol. The molecule has 3 nitrogen and oxygen atoms in total. The van der Waals surface area contributed by atoms with Crippen LogP contribution in [0.25, 0.3) is 0 Å². The summed E-state index contributed by atoms with van der Waals surface area (Å²) in [5.74, 6) is -0.216. The Kier molecular flexibility index (Phi) is 4.75. The van der Waals surface area contributed by atoms with Gasteiger partial charge in [-0.05, 0) is 36.3 Å². The van der Waals surface area contributed by atoms with Gasteiger partial charge in [0, 0.05) is 22.3 Å². The summed E-state index contributed by atoms with van der Waals surface area (Å²) in [6.45, 7) is 1.62. The molecule has 19 heavy (non-hydrogen) atoms. The lowest BCUT2D eigenvalue weighted by Crippen LogP contribution is -2.22. The second kappa shape index (κ2) is 6.33. The van der Waals surface area contributed by atoms with Crippen molar-refractivity contribution in [2.75, 3.05) is 11.5 Å². The third kappa shape index (κ3) is 3.66. The lowest BCUT2D eigenvalue weighted by atomic mass is 9.84. The Labute approximate surface area is 116 Å². The minimum atomic E-state index is -1.06. The maximum atomic E-state index is 12.1. The molecule has 0 saturated heterocycles. The van der Waals surface area contributed by atoms with Gasteiger partial charge in [0.1, 0.15) is 0 Å². The van der Waals surface area contributed by atoms with E-state index in [4.69, 9.17) is 5.11 Å². The summed E-state index contributed by atoms with van der Waals surface area (Å²) in [4.78, 5) is 10.8. The van der Waals surface area contributed by atoms with Crippen molar-refractivity contribution in [3.05, 3.63) is 35.4 Å². The topological polar surface area (TPSA) is 54.4 Å². The standard InChI is InChI=1S/C15H20O3S/c1-11(15(16)17)9-19(18)10-13-7-4-6-12-5-2-3-8-14(12)13/h2-3,5,8,11,13H,4,6-7,9-10H2,1H3,(H,16,17). The number of benzene rings is 1. The molecule has 2 rings (SSSR count). The van der Waals surface area contributed by atoms with E-state index < -0.39 is 22.7 Å². The maximum Gasteiger partial charge on any atom is 0.307 e. The van der Waals surface area contributed by atoms with Gasteiger partial charge in [0.2, 0.25) is 0 Å². The molecule has 1 aromatic rings. The van der Waals surface area contributed by atoms with Crippen LogP contribution in [0, 0.1) is 5.92 Å². The Bertz CT molecular complexity index is 484. The number of carbonyl (C=O) groups is 1. The van der Waals surface area contributed by atoms with Gasteiger partial charge in [0.25, 0.3) is 0 Å². The molecule has 0 heterocycles. The van der Waals surface area contributed by atoms with Crippen LogP contribution >= 0.6 is 0 Å². The Morgan fingerprint density at radius 1 is 1.47 bits per heavy atom. The molecular formula is C15H20O3S. The van der Waals surface area contributed by atoms with Gasteiger partial charge in [0.05, 0.1) is 5.92 Å². The molecule has 0 aliphatic heterocycles. The van der Waals surface area contributed by atoms with Crippen LogP contribution < -0.4 is 0 Å². The van der Waals surface area contributed by atoms with Gasteiger partial charge in [-0.25, -0.2) is 0 Å². The van der Waals surface area contributed by atoms with E-state index in [0.29, 0.717) is 11.7 Å². The largest absolute Gasteiger partial charge is 0.481 e. The van der Waals surface area contributed by atoms with Crippen LogP contribution in [0.1, 0.15) is 36.8 Å². The minimum Gasteiger partial charge on any atom is -0.481 e. The summed E-state index contributed by atoms with van der Waals surface area (Å²) < 4.78 is 12.1. The highest BCUT2D eigenvalue weighted by Gasteiger charge is 2.23. The molecule has 4 heteroatoms. The number of hydrogen-bond donors (Lipinski definition) is 1. The molecule has 0 amide bonds. The molecule has 1 aromatic carbocycles. The highest BCUT2D eigenvalue weighted by molar-refractivity contribution is 7.85. The van der Waals surface area contributed by atoms with E-state index >= 15 is 0 Å². The third-order valence-corrected chi connectivity index (χ3v) is 5.38. The van der Waals surface area contributed by atoms with Crippen molar-refractivity contribution in [3.63, 3.8) is 0 Å². The first-order valence-corrected chi connectivity index (χ1v) is 8.22. The van der Waals surface area contributed by atoms with Crippen molar-refractivity contribution in [1.29, 1.82) is 0 Å². The summed E-state index contributed by atoms with van der Waals surface area (Å²) in [6, 6.07) is 8.34. The SMILES string of the molecule is CC(CS(=O)CC1CCCc2ccccc21)C(=O)O. The summed E-state index contributed by atoms with van der Waals surface area (Å²) in [5.41, 5.74) is 2.67. The van der Waals surface area contributed by atoms with Gasteiger partial charge >= 0.3 is 5.97 Å². The van der Waals surface area contributed by atoms with E-state index in [2.05, 4.69) is 12.1 Å². The number of carboxylic acid groups (broad SMARTS) is 1. The van der Waals surface area contributed by atoms with E-state index in [9.17, 15) is 9.00 Å². The van der Waals surface area contributed by atoms with Crippen molar-refractivity contribution in [3.8, 4) is 0 Å². The van der Waals surface area contributed by atoms with Gasteiger partial charge in [-0.2, -0.15) is 0 Å². The first-order chi connectivity index (χ1) is 9.08. The molecule has 3 atom stereocenters. The quantitative estimate of drug-likeness (QED) is 0.902. The first-order valence-electron chi connectivity index (χ1n) is 6.73. The van der Waals surface area contributed by atoms with E-state index in [0.717, 1.165) is 19.3 Å². The third-order valence-electron chi connectivity index (χ3n) is 3.74. The van der Waals surface area contributed by atoms with Crippen molar-refractivity contribution in [2.24, 2.45) is 5.92 Å². The molecule has 104 valence electrons. The first kappa shape index (κ1) is 14.3. The number of rotatable bonds is 5. The number of carboxylic acids is 1. The Hall–Kier alpha value is -1.16. The molecule has 0 saturated carbocycles. The summed E-state index contributed by atoms with van der Waals surface area (Å²) in [7, 11) is -1.06. The van der Waals surface area contributed by atoms with Crippen LogP contribution in [-0.4, -0.2) is 26.8 Å². The van der Waals surface area contributed by atoms with Crippen LogP contribution in [0.3, 0.4) is 0 Å². The molecule has 0 spiro atoms. The van der Waals surface area contributed by atoms with Crippen molar-refractivity contribution >= 4 is 16.8 Å². The minimum absolute atomic E-state index is 0.258. The van der Waals surface area contributed by atoms with Gasteiger partial charge in [-0.3, -0.25) is 9.00 Å². The van der Waals surface area contributed by atoms with Gasteiger partial charge in [0.15, 0.2) is 0 Å². The highest BCUT2D eigenvalue weighted by Crippen LogP contribution is 2.32. The normalized spacial score (nSPS) is 21.4. The fourth-order valence-electron chi connectivity index (χ4n) is 2.67. The zero-order chi connectivity index (χ0) is 13.8. The predicted octanol–water partition coefficient (Wildman–Crippen LogP) is 2.58. The van der Waals surface area contributed by atoms with Gasteiger partial charge in [-0.1, -0.05) is 31.2 Å². The van der Waals surface area contributed by atoms with Crippen molar-refractivity contribution in [2.45, 2.75) is 32.1 Å². The lowest BCUT2D eigenvalue weighted by Gasteiger charge is -2.25. The summed E-state index contributed by atoms with van der Waals surface area (Å²) in [5, 5.41) is 8.86. The highest BCUT2D eigenvalue weighted by atomic mass is 32.2. The average Bonchev–Trinajstić information content (AvgIpc) is 2.39. The van der Waals surface area contributed by atoms with E-state index in [1.807, 2.05) is 12.1 Å². The zero-order valence-electron chi connectivity index (χ0n) is 11.2. The monoisotopic (exact) mass is 280 g/mol. The Balaban J connectivity index is 2.01. The van der Waals surface area contributed by atoms with Crippen LogP contribution in [0.5, 0.6) is 0 Å². The number of aryl methyl sites for hydroxylation is 1. The number of hydrogen-bond acceptors (Lipinski definition) is 2. The van der Waals surface area contributed by atoms with Crippen molar-refractivity contribution in [1.82, 2.24) is 0 Å². The van der Waals surface area contributed by atoms with E-state index in [-0.39, 0.29) is 5.75 Å². The Morgan fingerprint density at radius 3 is 2.95 bits per heavy atom. The van der Waals surface area contributed by atoms with Crippen LogP contribution in [0.2, 0.25) is 0 Å². The fourth-order valence-corrected chi connectivity index (χ4v) is 4.30. The molecule has 1 aliphatic rings. The number of aliphatic carboxylic acids is 1. The zero-order valence-corrected chi connectivity index (χ0v) is 12.0. The lowest BCUT2D eigenvalue weighted by molar-refractivity contribution is -0.140. The van der Waals surface area contributed by atoms with E-state index in [1.165, 1.54) is 11.1 Å². The molecule has 0 fully saturated rings. The van der Waals surface area contributed by atoms with E-state index in [1.54, 1.807) is 6.92 Å². The van der Waals surface area contributed by atoms with Gasteiger partial charge < -0.3 is 5.11 Å². The smallest absolute Gasteiger partial charge is 0.307 e. The fraction of sp³-hybridized carbons (Fsp3) is 0.533. The second-order valence-corrected chi connectivity index (χ2v) is 6.85. The van der Waals surface area contributed by atoms with Crippen LogP contribution in [-0.2, 0) is 22.0 Å². The van der Waals surface area contributed by atoms with Crippen LogP contribution in [0.15, 0.2) is 24.3 Å². The average molecular weight is 280 g/mol. The maximum absolute atomic E-state index is 12.1. The predicted molar refractivity (Wildman–Crippen MR) is 76.8 cm³/mol. The Morgan fingerprint density at radius 2 is 2.21 bits per heavy atom. The molecule has 1 aliphatic carbocycles. The number of fused-ring (bicyclic) bond motifs is 1. The van der Waals surface area contributed by atoms with Crippen molar-refractivity contribution < 1.29 is 14.1 Å². The second-order valence-electron chi connectivity index (χ2n) is 5.30. The molecule has 0 aromatic heterocycles. The summed E-state index contributed by atoms with van der Waals surface area (Å²) >= 11 is 0. The summed E-state index contributed by atoms with van der Waals surface area (Å²) in [6.07, 6.45) is 3.29. The van der Waals surface area contributed by atoms with Gasteiger partial charge in [-0.15, -0.1) is 0 Å². The molecule has 0 radical (unpaired) electrons.